The highest BCUT2D eigenvalue weighted by atomic mass is 16.5. The van der Waals surface area contributed by atoms with E-state index in [-0.39, 0.29) is 47.1 Å². The van der Waals surface area contributed by atoms with Crippen LogP contribution in [-0.4, -0.2) is 68.1 Å². The van der Waals surface area contributed by atoms with Crippen LogP contribution in [0.4, 0.5) is 0 Å². The molecule has 218 valence electrons. The number of carbonyl (C=O) groups excluding carboxylic acids is 3. The van der Waals surface area contributed by atoms with E-state index in [1.165, 1.54) is 13.2 Å². The van der Waals surface area contributed by atoms with Gasteiger partial charge in [0, 0.05) is 41.1 Å². The molecule has 0 aliphatic heterocycles. The van der Waals surface area contributed by atoms with Crippen LogP contribution in [0.1, 0.15) is 75.4 Å². The van der Waals surface area contributed by atoms with Gasteiger partial charge in [-0.25, -0.2) is 0 Å². The van der Waals surface area contributed by atoms with E-state index in [0.717, 1.165) is 6.42 Å². The quantitative estimate of drug-likeness (QED) is 0.330. The van der Waals surface area contributed by atoms with E-state index in [1.807, 2.05) is 7.05 Å². The van der Waals surface area contributed by atoms with Gasteiger partial charge in [-0.3, -0.25) is 19.3 Å². The maximum atomic E-state index is 13.8. The van der Waals surface area contributed by atoms with Crippen LogP contribution in [0.3, 0.4) is 0 Å². The molecule has 3 atom stereocenters. The number of ketones is 2. The van der Waals surface area contributed by atoms with E-state index >= 15 is 0 Å². The number of primary amides is 1. The Kier molecular flexibility index (Phi) is 7.12. The summed E-state index contributed by atoms with van der Waals surface area (Å²) < 4.78 is 5.80. The number of hydrogen-bond donors (Lipinski definition) is 5. The highest BCUT2D eigenvalue weighted by Crippen LogP contribution is 2.53. The lowest BCUT2D eigenvalue weighted by Crippen LogP contribution is -2.57. The normalized spacial score (nSPS) is 25.1. The minimum Gasteiger partial charge on any atom is -0.511 e. The number of carbonyl (C=O) groups is 3. The minimum absolute atomic E-state index is 0.0613. The Hall–Kier alpha value is -3.37. The average Bonchev–Trinajstić information content (AvgIpc) is 2.79. The third-order valence-electron chi connectivity index (χ3n) is 8.70. The van der Waals surface area contributed by atoms with Gasteiger partial charge in [-0.2, -0.15) is 0 Å². The number of aliphatic hydroxyl groups excluding tert-OH is 2. The van der Waals surface area contributed by atoms with Gasteiger partial charge in [0.05, 0.1) is 12.7 Å². The molecule has 0 fully saturated rings. The van der Waals surface area contributed by atoms with Crippen LogP contribution in [0, 0.1) is 17.3 Å². The number of phenolic OH excluding ortho intramolecular Hbond substituents is 1. The van der Waals surface area contributed by atoms with Gasteiger partial charge in [-0.05, 0) is 57.6 Å². The zero-order chi connectivity index (χ0) is 30.1. The van der Waals surface area contributed by atoms with Gasteiger partial charge in [0.15, 0.2) is 11.4 Å². The summed E-state index contributed by atoms with van der Waals surface area (Å²) in [6.45, 7) is 11.3. The van der Waals surface area contributed by atoms with Gasteiger partial charge < -0.3 is 30.9 Å². The van der Waals surface area contributed by atoms with Gasteiger partial charge >= 0.3 is 0 Å². The maximum absolute atomic E-state index is 13.8. The zero-order valence-electron chi connectivity index (χ0n) is 24.2. The summed E-state index contributed by atoms with van der Waals surface area (Å²) in [4.78, 5) is 40.9. The molecule has 1 aromatic carbocycles. The van der Waals surface area contributed by atoms with Crippen LogP contribution in [-0.2, 0) is 22.6 Å². The van der Waals surface area contributed by atoms with Gasteiger partial charge in [0.2, 0.25) is 5.78 Å². The van der Waals surface area contributed by atoms with E-state index in [1.54, 1.807) is 0 Å². The van der Waals surface area contributed by atoms with E-state index in [0.29, 0.717) is 23.4 Å². The van der Waals surface area contributed by atoms with Crippen molar-refractivity contribution in [1.82, 2.24) is 4.90 Å². The Morgan fingerprint density at radius 3 is 2.33 bits per heavy atom. The van der Waals surface area contributed by atoms with Crippen LogP contribution < -0.4 is 10.5 Å². The molecule has 0 saturated heterocycles. The number of allylic oxidation sites excluding steroid dienone is 2. The number of amides is 1. The second-order valence-corrected chi connectivity index (χ2v) is 13.3. The van der Waals surface area contributed by atoms with E-state index in [4.69, 9.17) is 10.5 Å². The molecule has 0 aromatic heterocycles. The molecular formula is C30H40N2O8. The lowest BCUT2D eigenvalue weighted by Gasteiger charge is -2.45. The van der Waals surface area contributed by atoms with Crippen LogP contribution in [0.2, 0.25) is 0 Å². The van der Waals surface area contributed by atoms with Crippen molar-refractivity contribution in [3.63, 3.8) is 0 Å². The van der Waals surface area contributed by atoms with Crippen molar-refractivity contribution in [1.29, 1.82) is 0 Å². The summed E-state index contributed by atoms with van der Waals surface area (Å²) in [7, 11) is 3.49. The number of rotatable bonds is 6. The van der Waals surface area contributed by atoms with Crippen LogP contribution >= 0.6 is 0 Å². The van der Waals surface area contributed by atoms with Crippen molar-refractivity contribution in [3.05, 3.63) is 45.4 Å². The second kappa shape index (κ2) is 9.62. The smallest absolute Gasteiger partial charge is 0.255 e. The topological polar surface area (TPSA) is 171 Å². The number of nitrogens with two attached hydrogens (primary N) is 1. The summed E-state index contributed by atoms with van der Waals surface area (Å²) in [5.74, 6) is -6.08. The molecular weight excluding hydrogens is 516 g/mol. The van der Waals surface area contributed by atoms with Crippen LogP contribution in [0.5, 0.6) is 11.5 Å². The number of fused-ring (bicyclic) bond motifs is 3. The summed E-state index contributed by atoms with van der Waals surface area (Å²) in [6, 6.07) is 1.48. The fourth-order valence-electron chi connectivity index (χ4n) is 7.01. The van der Waals surface area contributed by atoms with Crippen LogP contribution in [0.15, 0.2) is 28.7 Å². The average molecular weight is 557 g/mol. The Labute approximate surface area is 234 Å². The standard InChI is InChI=1S/C30H40N2O8/c1-28(2,3)13-29(4,5)32(6)12-15-10-18(33)21-17(24(15)40-7)9-14-8-16-11-19(34)22(27(31)38)26(37)30(16,39)25(36)20(14)23(21)35/h10,14,16,33-34,36,39H,8-9,11-13H2,1-7H3,(H2,31,38)/t14?,16-,30-/m0/s1. The number of Topliss-reactive ketones (excluding diaryl/α,β-unsaturated/α-hetero) is 2. The van der Waals surface area contributed by atoms with Crippen LogP contribution in [0.25, 0.3) is 0 Å². The fourth-order valence-corrected chi connectivity index (χ4v) is 7.01. The van der Waals surface area contributed by atoms with Crippen molar-refractivity contribution in [2.24, 2.45) is 23.0 Å². The highest BCUT2D eigenvalue weighted by Gasteiger charge is 2.59. The molecule has 1 aromatic rings. The highest BCUT2D eigenvalue weighted by molar-refractivity contribution is 6.24. The molecule has 6 N–H and O–H groups in total. The molecule has 4 rings (SSSR count). The number of hydrogen-bond acceptors (Lipinski definition) is 9. The predicted molar refractivity (Wildman–Crippen MR) is 147 cm³/mol. The van der Waals surface area contributed by atoms with E-state index < -0.39 is 52.0 Å². The molecule has 10 heteroatoms. The lowest BCUT2D eigenvalue weighted by molar-refractivity contribution is -0.144. The predicted octanol–water partition coefficient (Wildman–Crippen LogP) is 3.24. The number of phenols is 1. The first-order valence-electron chi connectivity index (χ1n) is 13.5. The molecule has 3 aliphatic rings. The molecule has 10 nitrogen and oxygen atoms in total. The van der Waals surface area contributed by atoms with Crippen molar-refractivity contribution >= 4 is 17.5 Å². The monoisotopic (exact) mass is 556 g/mol. The number of ether oxygens (including phenoxy) is 1. The Bertz CT molecular complexity index is 1370. The second-order valence-electron chi connectivity index (χ2n) is 13.3. The van der Waals surface area contributed by atoms with Gasteiger partial charge in [0.1, 0.15) is 28.6 Å². The number of aliphatic hydroxyl groups is 3. The molecule has 0 radical (unpaired) electrons. The summed E-state index contributed by atoms with van der Waals surface area (Å²) in [5, 5.41) is 44.0. The minimum atomic E-state index is -2.59. The fraction of sp³-hybridized carbons (Fsp3) is 0.567. The molecule has 0 saturated carbocycles. The first-order valence-corrected chi connectivity index (χ1v) is 13.5. The van der Waals surface area contributed by atoms with Crippen molar-refractivity contribution in [3.8, 4) is 11.5 Å². The SMILES string of the molecule is COc1c(CN(C)C(C)(C)CC(C)(C)C)cc(O)c2c1CC1C[C@H]3CC(O)=C(C(N)=O)C(=O)[C@@]3(O)C(O)=C1C2=O. The summed E-state index contributed by atoms with van der Waals surface area (Å²) in [6.07, 6.45) is 0.890. The zero-order valence-corrected chi connectivity index (χ0v) is 24.2. The Balaban J connectivity index is 1.79. The van der Waals surface area contributed by atoms with Gasteiger partial charge in [-0.1, -0.05) is 20.8 Å². The molecule has 40 heavy (non-hydrogen) atoms. The summed E-state index contributed by atoms with van der Waals surface area (Å²) in [5.41, 5.74) is 2.69. The number of benzene rings is 1. The number of nitrogens with zero attached hydrogens (tertiary/aromatic N) is 1. The van der Waals surface area contributed by atoms with Gasteiger partial charge in [0.25, 0.3) is 5.91 Å². The van der Waals surface area contributed by atoms with Crippen molar-refractivity contribution in [2.45, 2.75) is 78.0 Å². The number of aromatic hydroxyl groups is 1. The molecule has 0 spiro atoms. The van der Waals surface area contributed by atoms with Crippen molar-refractivity contribution < 1.29 is 39.5 Å². The summed E-state index contributed by atoms with van der Waals surface area (Å²) >= 11 is 0. The van der Waals surface area contributed by atoms with Crippen molar-refractivity contribution in [2.75, 3.05) is 14.2 Å². The van der Waals surface area contributed by atoms with E-state index in [9.17, 15) is 34.8 Å². The molecule has 3 aliphatic carbocycles. The third-order valence-corrected chi connectivity index (χ3v) is 8.70. The Morgan fingerprint density at radius 2 is 1.77 bits per heavy atom. The lowest BCUT2D eigenvalue weighted by atomic mass is 9.60. The number of methoxy groups -OCH3 is 1. The molecule has 0 bridgehead atoms. The first-order chi connectivity index (χ1) is 18.3. The van der Waals surface area contributed by atoms with E-state index in [2.05, 4.69) is 39.5 Å². The third kappa shape index (κ3) is 4.56. The Morgan fingerprint density at radius 1 is 1.15 bits per heavy atom. The first kappa shape index (κ1) is 29.6. The molecule has 1 amide bonds. The molecule has 1 unspecified atom stereocenters. The molecule has 0 heterocycles. The largest absolute Gasteiger partial charge is 0.511 e. The van der Waals surface area contributed by atoms with Gasteiger partial charge in [-0.15, -0.1) is 0 Å². The maximum Gasteiger partial charge on any atom is 0.255 e.